The summed E-state index contributed by atoms with van der Waals surface area (Å²) in [5, 5.41) is 8.91. The van der Waals surface area contributed by atoms with Crippen molar-refractivity contribution in [3.8, 4) is 0 Å². The van der Waals surface area contributed by atoms with Crippen molar-refractivity contribution in [2.24, 2.45) is 5.92 Å². The zero-order valence-corrected chi connectivity index (χ0v) is 12.1. The Morgan fingerprint density at radius 2 is 2.05 bits per heavy atom. The lowest BCUT2D eigenvalue weighted by molar-refractivity contribution is 0.0696. The van der Waals surface area contributed by atoms with Crippen LogP contribution in [0.15, 0.2) is 23.1 Å². The van der Waals surface area contributed by atoms with Crippen LogP contribution in [0.4, 0.5) is 0 Å². The third kappa shape index (κ3) is 4.04. The third-order valence-electron chi connectivity index (χ3n) is 3.04. The summed E-state index contributed by atoms with van der Waals surface area (Å²) in [5.74, 6) is -0.906. The van der Waals surface area contributed by atoms with Crippen LogP contribution in [0, 0.1) is 12.8 Å². The van der Waals surface area contributed by atoms with Gasteiger partial charge in [-0.05, 0) is 30.5 Å². The number of carbonyl (C=O) groups is 1. The lowest BCUT2D eigenvalue weighted by Crippen LogP contribution is -2.29. The van der Waals surface area contributed by atoms with E-state index in [4.69, 9.17) is 5.11 Å². The molecule has 2 N–H and O–H groups in total. The van der Waals surface area contributed by atoms with Gasteiger partial charge < -0.3 is 5.11 Å². The van der Waals surface area contributed by atoms with Gasteiger partial charge in [-0.15, -0.1) is 0 Å². The van der Waals surface area contributed by atoms with Gasteiger partial charge in [-0.1, -0.05) is 26.3 Å². The molecule has 0 amide bonds. The Kier molecular flexibility index (Phi) is 5.08. The minimum Gasteiger partial charge on any atom is -0.478 e. The van der Waals surface area contributed by atoms with Gasteiger partial charge in [-0.3, -0.25) is 0 Å². The fourth-order valence-electron chi connectivity index (χ4n) is 1.50. The van der Waals surface area contributed by atoms with Crippen LogP contribution in [0.2, 0.25) is 0 Å². The van der Waals surface area contributed by atoms with Gasteiger partial charge in [0, 0.05) is 6.54 Å². The predicted octanol–water partition coefficient (Wildman–Crippen LogP) is 2.02. The van der Waals surface area contributed by atoms with E-state index in [1.165, 1.54) is 18.2 Å². The quantitative estimate of drug-likeness (QED) is 0.837. The molecule has 0 aliphatic rings. The van der Waals surface area contributed by atoms with Crippen molar-refractivity contribution in [3.05, 3.63) is 29.3 Å². The SMILES string of the molecule is CCC(C)CNS(=O)(=O)c1cc(C(=O)O)ccc1C. The second-order valence-electron chi connectivity index (χ2n) is 4.65. The summed E-state index contributed by atoms with van der Waals surface area (Å²) >= 11 is 0. The normalized spacial score (nSPS) is 13.2. The van der Waals surface area contributed by atoms with Gasteiger partial charge in [-0.25, -0.2) is 17.9 Å². The van der Waals surface area contributed by atoms with Crippen LogP contribution >= 0.6 is 0 Å². The minimum atomic E-state index is -3.67. The van der Waals surface area contributed by atoms with E-state index in [1.54, 1.807) is 6.92 Å². The number of hydrogen-bond acceptors (Lipinski definition) is 3. The summed E-state index contributed by atoms with van der Waals surface area (Å²) in [7, 11) is -3.67. The summed E-state index contributed by atoms with van der Waals surface area (Å²) in [5.41, 5.74) is 0.496. The van der Waals surface area contributed by atoms with E-state index in [0.29, 0.717) is 12.1 Å². The second-order valence-corrected chi connectivity index (χ2v) is 6.39. The Balaban J connectivity index is 3.06. The average Bonchev–Trinajstić information content (AvgIpc) is 2.36. The van der Waals surface area contributed by atoms with E-state index in [9.17, 15) is 13.2 Å². The summed E-state index contributed by atoms with van der Waals surface area (Å²) in [6.07, 6.45) is 0.872. The van der Waals surface area contributed by atoms with Gasteiger partial charge in [0.2, 0.25) is 10.0 Å². The van der Waals surface area contributed by atoms with Gasteiger partial charge in [0.25, 0.3) is 0 Å². The van der Waals surface area contributed by atoms with Crippen molar-refractivity contribution in [1.29, 1.82) is 0 Å². The largest absolute Gasteiger partial charge is 0.478 e. The maximum absolute atomic E-state index is 12.1. The standard InChI is InChI=1S/C13H19NO4S/c1-4-9(2)8-14-19(17,18)12-7-11(13(15)16)6-5-10(12)3/h5-7,9,14H,4,8H2,1-3H3,(H,15,16). The number of sulfonamides is 1. The van der Waals surface area contributed by atoms with Gasteiger partial charge >= 0.3 is 5.97 Å². The topological polar surface area (TPSA) is 83.5 Å². The summed E-state index contributed by atoms with van der Waals surface area (Å²) < 4.78 is 26.8. The molecule has 0 heterocycles. The van der Waals surface area contributed by atoms with Crippen LogP contribution in [0.5, 0.6) is 0 Å². The molecule has 0 spiro atoms. The third-order valence-corrected chi connectivity index (χ3v) is 4.61. The molecule has 1 rings (SSSR count). The molecule has 106 valence electrons. The van der Waals surface area contributed by atoms with Gasteiger partial charge in [0.1, 0.15) is 0 Å². The Morgan fingerprint density at radius 3 is 2.58 bits per heavy atom. The Labute approximate surface area is 113 Å². The van der Waals surface area contributed by atoms with Crippen LogP contribution in [0.3, 0.4) is 0 Å². The first kappa shape index (κ1) is 15.7. The van der Waals surface area contributed by atoms with Crippen molar-refractivity contribution in [2.75, 3.05) is 6.54 Å². The second kappa shape index (κ2) is 6.16. The molecule has 1 atom stereocenters. The molecule has 0 aliphatic heterocycles. The van der Waals surface area contributed by atoms with Crippen molar-refractivity contribution in [3.63, 3.8) is 0 Å². The number of rotatable bonds is 6. The van der Waals surface area contributed by atoms with E-state index >= 15 is 0 Å². The molecule has 0 radical (unpaired) electrons. The molecule has 0 fully saturated rings. The molecule has 0 saturated heterocycles. The molecule has 5 nitrogen and oxygen atoms in total. The van der Waals surface area contributed by atoms with Crippen molar-refractivity contribution in [2.45, 2.75) is 32.1 Å². The summed E-state index contributed by atoms with van der Waals surface area (Å²) in [6.45, 7) is 5.91. The first-order chi connectivity index (χ1) is 8.77. The maximum atomic E-state index is 12.1. The monoisotopic (exact) mass is 285 g/mol. The van der Waals surface area contributed by atoms with E-state index in [1.807, 2.05) is 13.8 Å². The minimum absolute atomic E-state index is 0.0238. The molecule has 19 heavy (non-hydrogen) atoms. The van der Waals surface area contributed by atoms with E-state index in [-0.39, 0.29) is 16.4 Å². The molecular weight excluding hydrogens is 266 g/mol. The molecule has 0 saturated carbocycles. The van der Waals surface area contributed by atoms with Crippen LogP contribution < -0.4 is 4.72 Å². The van der Waals surface area contributed by atoms with Gasteiger partial charge in [0.05, 0.1) is 10.5 Å². The molecule has 0 aliphatic carbocycles. The number of carboxylic acids is 1. The highest BCUT2D eigenvalue weighted by Crippen LogP contribution is 2.17. The smallest absolute Gasteiger partial charge is 0.335 e. The zero-order valence-electron chi connectivity index (χ0n) is 11.3. The number of aromatic carboxylic acids is 1. The highest BCUT2D eigenvalue weighted by atomic mass is 32.2. The summed E-state index contributed by atoms with van der Waals surface area (Å²) in [4.78, 5) is 10.9. The Bertz CT molecular complexity index is 566. The van der Waals surface area contributed by atoms with Crippen LogP contribution in [-0.4, -0.2) is 26.0 Å². The molecule has 6 heteroatoms. The molecular formula is C13H19NO4S. The van der Waals surface area contributed by atoms with Gasteiger partial charge in [-0.2, -0.15) is 0 Å². The van der Waals surface area contributed by atoms with Gasteiger partial charge in [0.15, 0.2) is 0 Å². The highest BCUT2D eigenvalue weighted by Gasteiger charge is 2.19. The lowest BCUT2D eigenvalue weighted by atomic mass is 10.1. The van der Waals surface area contributed by atoms with Crippen LogP contribution in [0.25, 0.3) is 0 Å². The van der Waals surface area contributed by atoms with Crippen molar-refractivity contribution >= 4 is 16.0 Å². The van der Waals surface area contributed by atoms with Crippen molar-refractivity contribution < 1.29 is 18.3 Å². The van der Waals surface area contributed by atoms with E-state index in [0.717, 1.165) is 6.42 Å². The lowest BCUT2D eigenvalue weighted by Gasteiger charge is -2.13. The fourth-order valence-corrected chi connectivity index (χ4v) is 2.93. The Hall–Kier alpha value is -1.40. The van der Waals surface area contributed by atoms with Crippen LogP contribution in [0.1, 0.15) is 36.2 Å². The molecule has 1 aromatic rings. The predicted molar refractivity (Wildman–Crippen MR) is 72.8 cm³/mol. The first-order valence-electron chi connectivity index (χ1n) is 6.11. The van der Waals surface area contributed by atoms with E-state index in [2.05, 4.69) is 4.72 Å². The molecule has 0 bridgehead atoms. The number of benzene rings is 1. The average molecular weight is 285 g/mol. The zero-order chi connectivity index (χ0) is 14.6. The maximum Gasteiger partial charge on any atom is 0.335 e. The number of aryl methyl sites for hydroxylation is 1. The molecule has 0 aromatic heterocycles. The number of nitrogens with one attached hydrogen (secondary N) is 1. The highest BCUT2D eigenvalue weighted by molar-refractivity contribution is 7.89. The fraction of sp³-hybridized carbons (Fsp3) is 0.462. The van der Waals surface area contributed by atoms with E-state index < -0.39 is 16.0 Å². The molecule has 1 aromatic carbocycles. The van der Waals surface area contributed by atoms with Crippen molar-refractivity contribution in [1.82, 2.24) is 4.72 Å². The van der Waals surface area contributed by atoms with Crippen LogP contribution in [-0.2, 0) is 10.0 Å². The first-order valence-corrected chi connectivity index (χ1v) is 7.60. The molecule has 1 unspecified atom stereocenters. The summed E-state index contributed by atoms with van der Waals surface area (Å²) in [6, 6.07) is 4.09. The number of carboxylic acid groups (broad SMARTS) is 1. The Morgan fingerprint density at radius 1 is 1.42 bits per heavy atom. The number of hydrogen-bond donors (Lipinski definition) is 2.